The van der Waals surface area contributed by atoms with Gasteiger partial charge in [0.25, 0.3) is 0 Å². The van der Waals surface area contributed by atoms with Crippen LogP contribution in [-0.4, -0.2) is 38.1 Å². The summed E-state index contributed by atoms with van der Waals surface area (Å²) in [5.41, 5.74) is 5.24. The number of anilines is 1. The summed E-state index contributed by atoms with van der Waals surface area (Å²) in [5, 5.41) is 7.25. The van der Waals surface area contributed by atoms with Gasteiger partial charge in [-0.2, -0.15) is 5.10 Å². The van der Waals surface area contributed by atoms with Crippen molar-refractivity contribution in [1.29, 1.82) is 0 Å². The lowest BCUT2D eigenvalue weighted by Gasteiger charge is -2.15. The molecule has 8 heteroatoms. The second-order valence-corrected chi connectivity index (χ2v) is 8.44. The van der Waals surface area contributed by atoms with Crippen molar-refractivity contribution in [2.45, 2.75) is 11.8 Å². The lowest BCUT2D eigenvalue weighted by molar-refractivity contribution is 0.521. The molecule has 0 saturated carbocycles. The zero-order chi connectivity index (χ0) is 19.9. The van der Waals surface area contributed by atoms with E-state index in [4.69, 9.17) is 12.2 Å². The van der Waals surface area contributed by atoms with Gasteiger partial charge in [0.1, 0.15) is 0 Å². The van der Waals surface area contributed by atoms with E-state index in [1.165, 1.54) is 18.4 Å². The van der Waals surface area contributed by atoms with Gasteiger partial charge in [-0.3, -0.25) is 5.43 Å². The van der Waals surface area contributed by atoms with E-state index >= 15 is 0 Å². The monoisotopic (exact) mass is 402 g/mol. The molecular weight excluding hydrogens is 380 g/mol. The summed E-state index contributed by atoms with van der Waals surface area (Å²) in [7, 11) is -0.527. The fourth-order valence-electron chi connectivity index (χ4n) is 2.11. The summed E-state index contributed by atoms with van der Waals surface area (Å²) in [4.78, 5) is 0.192. The maximum Gasteiger partial charge on any atom is 0.242 e. The van der Waals surface area contributed by atoms with Crippen molar-refractivity contribution < 1.29 is 8.42 Å². The van der Waals surface area contributed by atoms with Gasteiger partial charge in [0, 0.05) is 26.0 Å². The molecule has 0 spiro atoms. The van der Waals surface area contributed by atoms with Crippen LogP contribution in [0.15, 0.2) is 64.6 Å². The minimum absolute atomic E-state index is 0.192. The molecule has 0 amide bonds. The standard InChI is InChI=1S/C19H22N4O2S2/c1-15-11-12-17(27(24,25)23(2)3)14-18(15)21-19(26)22-20-13-7-10-16-8-5-4-6-9-16/h4-14H,1-3H3,(H2,21,22,26)/b10-7+,20-13-. The molecule has 0 aliphatic rings. The maximum absolute atomic E-state index is 12.3. The molecule has 0 aromatic heterocycles. The Bertz CT molecular complexity index is 953. The predicted octanol–water partition coefficient (Wildman–Crippen LogP) is 3.23. The normalized spacial score (nSPS) is 12.0. The minimum Gasteiger partial charge on any atom is -0.331 e. The first-order valence-electron chi connectivity index (χ1n) is 8.15. The van der Waals surface area contributed by atoms with E-state index in [9.17, 15) is 8.42 Å². The summed E-state index contributed by atoms with van der Waals surface area (Å²) in [6.07, 6.45) is 5.29. The van der Waals surface area contributed by atoms with E-state index in [0.29, 0.717) is 5.69 Å². The molecule has 0 aliphatic carbocycles. The molecule has 142 valence electrons. The number of hydrazone groups is 1. The highest BCUT2D eigenvalue weighted by Crippen LogP contribution is 2.21. The van der Waals surface area contributed by atoms with E-state index in [0.717, 1.165) is 11.1 Å². The fourth-order valence-corrected chi connectivity index (χ4v) is 3.21. The van der Waals surface area contributed by atoms with Crippen molar-refractivity contribution in [3.63, 3.8) is 0 Å². The fraction of sp³-hybridized carbons (Fsp3) is 0.158. The Balaban J connectivity index is 1.99. The van der Waals surface area contributed by atoms with Crippen molar-refractivity contribution in [3.05, 3.63) is 65.7 Å². The van der Waals surface area contributed by atoms with E-state index in [1.54, 1.807) is 30.5 Å². The molecule has 0 aliphatic heterocycles. The number of benzene rings is 2. The van der Waals surface area contributed by atoms with Crippen LogP contribution in [0.5, 0.6) is 0 Å². The van der Waals surface area contributed by atoms with E-state index in [-0.39, 0.29) is 10.0 Å². The van der Waals surface area contributed by atoms with Crippen LogP contribution in [0.1, 0.15) is 11.1 Å². The molecule has 2 aromatic carbocycles. The number of rotatable bonds is 6. The van der Waals surface area contributed by atoms with E-state index in [1.807, 2.05) is 43.3 Å². The van der Waals surface area contributed by atoms with Gasteiger partial charge in [-0.25, -0.2) is 12.7 Å². The van der Waals surface area contributed by atoms with E-state index in [2.05, 4.69) is 15.8 Å². The van der Waals surface area contributed by atoms with Crippen LogP contribution in [0.25, 0.3) is 6.08 Å². The van der Waals surface area contributed by atoms with Gasteiger partial charge in [0.15, 0.2) is 5.11 Å². The summed E-state index contributed by atoms with van der Waals surface area (Å²) in [6.45, 7) is 1.86. The first-order chi connectivity index (χ1) is 12.8. The lowest BCUT2D eigenvalue weighted by Crippen LogP contribution is -2.25. The minimum atomic E-state index is -3.51. The molecule has 0 saturated heterocycles. The molecule has 0 atom stereocenters. The van der Waals surface area contributed by atoms with Gasteiger partial charge in [0.05, 0.1) is 4.90 Å². The van der Waals surface area contributed by atoms with Gasteiger partial charge in [-0.1, -0.05) is 42.5 Å². The number of aryl methyl sites for hydroxylation is 1. The van der Waals surface area contributed by atoms with Crippen LogP contribution in [0.4, 0.5) is 5.69 Å². The Morgan fingerprint density at radius 3 is 2.52 bits per heavy atom. The third-order valence-electron chi connectivity index (χ3n) is 3.65. The van der Waals surface area contributed by atoms with Crippen molar-refractivity contribution in [2.75, 3.05) is 19.4 Å². The van der Waals surface area contributed by atoms with Gasteiger partial charge in [-0.15, -0.1) is 0 Å². The SMILES string of the molecule is Cc1ccc(S(=O)(=O)N(C)C)cc1NC(=S)N/N=C\C=C\c1ccccc1. The van der Waals surface area contributed by atoms with Crippen LogP contribution in [0, 0.1) is 6.92 Å². The Hall–Kier alpha value is -2.55. The number of nitrogens with zero attached hydrogens (tertiary/aromatic N) is 2. The topological polar surface area (TPSA) is 73.8 Å². The molecule has 0 radical (unpaired) electrons. The average Bonchev–Trinajstić information content (AvgIpc) is 2.64. The highest BCUT2D eigenvalue weighted by atomic mass is 32.2. The second-order valence-electron chi connectivity index (χ2n) is 5.88. The van der Waals surface area contributed by atoms with Gasteiger partial charge < -0.3 is 5.32 Å². The Kier molecular flexibility index (Phi) is 7.23. The highest BCUT2D eigenvalue weighted by molar-refractivity contribution is 7.89. The zero-order valence-corrected chi connectivity index (χ0v) is 17.0. The number of thiocarbonyl (C=S) groups is 1. The highest BCUT2D eigenvalue weighted by Gasteiger charge is 2.18. The van der Waals surface area contributed by atoms with Crippen LogP contribution in [0.3, 0.4) is 0 Å². The van der Waals surface area contributed by atoms with Crippen LogP contribution in [0.2, 0.25) is 0 Å². The second kappa shape index (κ2) is 9.40. The predicted molar refractivity (Wildman–Crippen MR) is 115 cm³/mol. The van der Waals surface area contributed by atoms with Gasteiger partial charge in [0.2, 0.25) is 10.0 Å². The summed E-state index contributed by atoms with van der Waals surface area (Å²) >= 11 is 5.21. The quantitative estimate of drug-likeness (QED) is 0.441. The zero-order valence-electron chi connectivity index (χ0n) is 15.4. The average molecular weight is 403 g/mol. The van der Waals surface area contributed by atoms with Crippen LogP contribution >= 0.6 is 12.2 Å². The van der Waals surface area contributed by atoms with E-state index < -0.39 is 10.0 Å². The number of sulfonamides is 1. The summed E-state index contributed by atoms with van der Waals surface area (Å²) in [5.74, 6) is 0. The Morgan fingerprint density at radius 1 is 1.15 bits per heavy atom. The molecular formula is C19H22N4O2S2. The summed E-state index contributed by atoms with van der Waals surface area (Å²) < 4.78 is 25.7. The molecule has 0 unspecified atom stereocenters. The lowest BCUT2D eigenvalue weighted by atomic mass is 10.2. The third kappa shape index (κ3) is 5.99. The van der Waals surface area contributed by atoms with Crippen molar-refractivity contribution in [3.8, 4) is 0 Å². The molecule has 0 bridgehead atoms. The third-order valence-corrected chi connectivity index (χ3v) is 5.66. The molecule has 6 nitrogen and oxygen atoms in total. The Morgan fingerprint density at radius 2 is 1.85 bits per heavy atom. The maximum atomic E-state index is 12.3. The Labute approximate surface area is 165 Å². The molecule has 2 rings (SSSR count). The molecule has 0 fully saturated rings. The van der Waals surface area contributed by atoms with Crippen molar-refractivity contribution in [1.82, 2.24) is 9.73 Å². The smallest absolute Gasteiger partial charge is 0.242 e. The van der Waals surface area contributed by atoms with Gasteiger partial charge >= 0.3 is 0 Å². The molecule has 2 N–H and O–H groups in total. The van der Waals surface area contributed by atoms with Crippen LogP contribution in [-0.2, 0) is 10.0 Å². The van der Waals surface area contributed by atoms with Crippen LogP contribution < -0.4 is 10.7 Å². The molecule has 0 heterocycles. The molecule has 27 heavy (non-hydrogen) atoms. The number of hydrogen-bond acceptors (Lipinski definition) is 4. The number of hydrogen-bond donors (Lipinski definition) is 2. The largest absolute Gasteiger partial charge is 0.331 e. The van der Waals surface area contributed by atoms with Crippen molar-refractivity contribution in [2.24, 2.45) is 5.10 Å². The number of nitrogens with one attached hydrogen (secondary N) is 2. The number of allylic oxidation sites excluding steroid dienone is 1. The first kappa shape index (κ1) is 20.8. The van der Waals surface area contributed by atoms with Crippen molar-refractivity contribution >= 4 is 45.3 Å². The summed E-state index contributed by atoms with van der Waals surface area (Å²) in [6, 6.07) is 14.7. The molecule has 2 aromatic rings. The first-order valence-corrected chi connectivity index (χ1v) is 10.0. The van der Waals surface area contributed by atoms with Gasteiger partial charge in [-0.05, 0) is 48.5 Å².